The maximum atomic E-state index is 5.84. The first kappa shape index (κ1) is 14.6. The molecule has 5 nitrogen and oxygen atoms in total. The van der Waals surface area contributed by atoms with Gasteiger partial charge in [-0.3, -0.25) is 0 Å². The van der Waals surface area contributed by atoms with Gasteiger partial charge in [0.2, 0.25) is 0 Å². The smallest absolute Gasteiger partial charge is 0.188 e. The predicted octanol–water partition coefficient (Wildman–Crippen LogP) is 1.89. The average Bonchev–Trinajstić information content (AvgIpc) is 3.00. The van der Waals surface area contributed by atoms with Crippen LogP contribution in [0, 0.1) is 0 Å². The lowest BCUT2D eigenvalue weighted by Gasteiger charge is -2.16. The van der Waals surface area contributed by atoms with Gasteiger partial charge in [-0.2, -0.15) is 0 Å². The summed E-state index contributed by atoms with van der Waals surface area (Å²) in [5, 5.41) is 3.13. The number of anilines is 1. The van der Waals surface area contributed by atoms with Gasteiger partial charge >= 0.3 is 0 Å². The number of nitrogens with two attached hydrogens (primary N) is 1. The number of nitrogens with zero attached hydrogens (tertiary/aromatic N) is 3. The molecule has 0 amide bonds. The zero-order valence-electron chi connectivity index (χ0n) is 12.3. The molecule has 3 N–H and O–H groups in total. The van der Waals surface area contributed by atoms with E-state index < -0.39 is 0 Å². The van der Waals surface area contributed by atoms with Gasteiger partial charge in [0.15, 0.2) is 5.96 Å². The van der Waals surface area contributed by atoms with Crippen LogP contribution in [0.15, 0.2) is 23.3 Å². The molecule has 1 aliphatic rings. The lowest BCUT2D eigenvalue weighted by atomic mass is 10.2. The molecule has 0 radical (unpaired) electrons. The number of hydrogen-bond donors (Lipinski definition) is 2. The largest absolute Gasteiger partial charge is 0.370 e. The molecule has 0 saturated carbocycles. The summed E-state index contributed by atoms with van der Waals surface area (Å²) in [7, 11) is 0. The Balaban J connectivity index is 1.89. The molecule has 110 valence electrons. The summed E-state index contributed by atoms with van der Waals surface area (Å²) < 4.78 is 0. The van der Waals surface area contributed by atoms with Crippen LogP contribution in [0.2, 0.25) is 0 Å². The van der Waals surface area contributed by atoms with Crippen LogP contribution in [0.25, 0.3) is 0 Å². The Kier molecular flexibility index (Phi) is 5.65. The zero-order chi connectivity index (χ0) is 14.2. The van der Waals surface area contributed by atoms with Gasteiger partial charge < -0.3 is 16.0 Å². The van der Waals surface area contributed by atoms with E-state index in [4.69, 9.17) is 5.73 Å². The van der Waals surface area contributed by atoms with Crippen molar-refractivity contribution in [2.24, 2.45) is 10.7 Å². The molecule has 0 aromatic carbocycles. The van der Waals surface area contributed by atoms with Crippen molar-refractivity contribution < 1.29 is 0 Å². The van der Waals surface area contributed by atoms with Gasteiger partial charge in [-0.1, -0.05) is 13.3 Å². The molecular formula is C15H25N5. The van der Waals surface area contributed by atoms with Crippen LogP contribution in [0.1, 0.15) is 38.2 Å². The molecule has 1 aliphatic heterocycles. The molecule has 20 heavy (non-hydrogen) atoms. The van der Waals surface area contributed by atoms with Gasteiger partial charge in [-0.15, -0.1) is 0 Å². The second kappa shape index (κ2) is 7.72. The highest BCUT2D eigenvalue weighted by atomic mass is 15.2. The van der Waals surface area contributed by atoms with E-state index >= 15 is 0 Å². The van der Waals surface area contributed by atoms with E-state index in [1.807, 2.05) is 12.3 Å². The van der Waals surface area contributed by atoms with E-state index in [0.29, 0.717) is 12.5 Å². The maximum Gasteiger partial charge on any atom is 0.188 e. The lowest BCUT2D eigenvalue weighted by molar-refractivity contribution is 0.748. The number of unbranched alkanes of at least 4 members (excludes halogenated alkanes) is 1. The van der Waals surface area contributed by atoms with Crippen LogP contribution in [-0.2, 0) is 6.54 Å². The fourth-order valence-corrected chi connectivity index (χ4v) is 2.30. The molecule has 0 bridgehead atoms. The summed E-state index contributed by atoms with van der Waals surface area (Å²) in [6.07, 6.45) is 6.66. The third-order valence-corrected chi connectivity index (χ3v) is 3.51. The van der Waals surface area contributed by atoms with Crippen LogP contribution in [0.4, 0.5) is 5.82 Å². The van der Waals surface area contributed by atoms with Crippen molar-refractivity contribution in [3.63, 3.8) is 0 Å². The Morgan fingerprint density at radius 1 is 1.45 bits per heavy atom. The number of aromatic nitrogens is 1. The van der Waals surface area contributed by atoms with Crippen molar-refractivity contribution in [3.8, 4) is 0 Å². The van der Waals surface area contributed by atoms with Gasteiger partial charge in [0.25, 0.3) is 0 Å². The number of guanidine groups is 1. The van der Waals surface area contributed by atoms with E-state index in [1.54, 1.807) is 0 Å². The van der Waals surface area contributed by atoms with Crippen LogP contribution < -0.4 is 16.0 Å². The highest BCUT2D eigenvalue weighted by Crippen LogP contribution is 2.18. The summed E-state index contributed by atoms with van der Waals surface area (Å²) in [4.78, 5) is 11.1. The number of aliphatic imine (C=N–C) groups is 1. The molecule has 1 aromatic heterocycles. The molecule has 2 heterocycles. The first-order chi connectivity index (χ1) is 9.79. The van der Waals surface area contributed by atoms with E-state index in [0.717, 1.165) is 43.9 Å². The third kappa shape index (κ3) is 4.40. The first-order valence-electron chi connectivity index (χ1n) is 7.53. The minimum Gasteiger partial charge on any atom is -0.370 e. The van der Waals surface area contributed by atoms with Gasteiger partial charge in [0.1, 0.15) is 5.82 Å². The fraction of sp³-hybridized carbons (Fsp3) is 0.600. The maximum absolute atomic E-state index is 5.84. The van der Waals surface area contributed by atoms with E-state index in [9.17, 15) is 0 Å². The minimum atomic E-state index is 0.526. The van der Waals surface area contributed by atoms with Crippen molar-refractivity contribution >= 4 is 11.8 Å². The van der Waals surface area contributed by atoms with Crippen LogP contribution >= 0.6 is 0 Å². The van der Waals surface area contributed by atoms with Crippen molar-refractivity contribution in [3.05, 3.63) is 23.9 Å². The Morgan fingerprint density at radius 2 is 2.25 bits per heavy atom. The number of hydrogen-bond acceptors (Lipinski definition) is 3. The Hall–Kier alpha value is -1.78. The molecule has 5 heteroatoms. The normalized spacial score (nSPS) is 15.7. The van der Waals surface area contributed by atoms with Crippen LogP contribution in [0.5, 0.6) is 0 Å². The summed E-state index contributed by atoms with van der Waals surface area (Å²) in [5.74, 6) is 1.59. The van der Waals surface area contributed by atoms with Gasteiger partial charge in [-0.05, 0) is 37.0 Å². The molecule has 1 aromatic rings. The fourth-order valence-electron chi connectivity index (χ4n) is 2.30. The second-order valence-electron chi connectivity index (χ2n) is 5.20. The van der Waals surface area contributed by atoms with Crippen molar-refractivity contribution in [2.75, 3.05) is 24.5 Å². The van der Waals surface area contributed by atoms with Gasteiger partial charge in [-0.25, -0.2) is 9.98 Å². The number of nitrogens with one attached hydrogen (secondary N) is 1. The molecule has 0 unspecified atom stereocenters. The van der Waals surface area contributed by atoms with Crippen LogP contribution in [0.3, 0.4) is 0 Å². The first-order valence-corrected chi connectivity index (χ1v) is 7.53. The summed E-state index contributed by atoms with van der Waals surface area (Å²) in [5.41, 5.74) is 6.99. The highest BCUT2D eigenvalue weighted by molar-refractivity contribution is 5.77. The topological polar surface area (TPSA) is 66.5 Å². The van der Waals surface area contributed by atoms with Gasteiger partial charge in [0, 0.05) is 25.8 Å². The number of rotatable bonds is 6. The van der Waals surface area contributed by atoms with Crippen molar-refractivity contribution in [1.29, 1.82) is 0 Å². The van der Waals surface area contributed by atoms with Crippen molar-refractivity contribution in [1.82, 2.24) is 10.3 Å². The lowest BCUT2D eigenvalue weighted by Crippen LogP contribution is -2.32. The standard InChI is InChI=1S/C15H25N5/c1-2-3-7-18-15(16)19-12-13-6-8-17-14(11-13)20-9-4-5-10-20/h6,8,11H,2-5,7,9-10,12H2,1H3,(H3,16,18,19). The SMILES string of the molecule is CCCCNC(N)=NCc1ccnc(N2CCCC2)c1. The Morgan fingerprint density at radius 3 is 3.00 bits per heavy atom. The van der Waals surface area contributed by atoms with E-state index in [-0.39, 0.29) is 0 Å². The third-order valence-electron chi connectivity index (χ3n) is 3.51. The molecule has 0 atom stereocenters. The Bertz CT molecular complexity index is 438. The summed E-state index contributed by atoms with van der Waals surface area (Å²) >= 11 is 0. The molecular weight excluding hydrogens is 250 g/mol. The predicted molar refractivity (Wildman–Crippen MR) is 83.9 cm³/mol. The quantitative estimate of drug-likeness (QED) is 0.472. The molecule has 0 spiro atoms. The van der Waals surface area contributed by atoms with Crippen molar-refractivity contribution in [2.45, 2.75) is 39.2 Å². The minimum absolute atomic E-state index is 0.526. The zero-order valence-corrected chi connectivity index (χ0v) is 12.3. The highest BCUT2D eigenvalue weighted by Gasteiger charge is 2.13. The van der Waals surface area contributed by atoms with Crippen LogP contribution in [-0.4, -0.2) is 30.6 Å². The Labute approximate surface area is 121 Å². The molecule has 1 saturated heterocycles. The van der Waals surface area contributed by atoms with E-state index in [1.165, 1.54) is 12.8 Å². The monoisotopic (exact) mass is 275 g/mol. The van der Waals surface area contributed by atoms with E-state index in [2.05, 4.69) is 33.2 Å². The molecule has 0 aliphatic carbocycles. The van der Waals surface area contributed by atoms with Gasteiger partial charge in [0.05, 0.1) is 6.54 Å². The number of pyridine rings is 1. The summed E-state index contributed by atoms with van der Waals surface area (Å²) in [6, 6.07) is 4.12. The average molecular weight is 275 g/mol. The second-order valence-corrected chi connectivity index (χ2v) is 5.20. The molecule has 1 fully saturated rings. The molecule has 2 rings (SSSR count). The summed E-state index contributed by atoms with van der Waals surface area (Å²) in [6.45, 7) is 5.88.